The molecule has 0 saturated heterocycles. The van der Waals surface area contributed by atoms with Crippen molar-refractivity contribution in [3.05, 3.63) is 88.9 Å². The predicted molar refractivity (Wildman–Crippen MR) is 93.7 cm³/mol. The zero-order valence-electron chi connectivity index (χ0n) is 13.5. The van der Waals surface area contributed by atoms with Crippen molar-refractivity contribution in [3.63, 3.8) is 0 Å². The predicted octanol–water partition coefficient (Wildman–Crippen LogP) is 3.74. The lowest BCUT2D eigenvalue weighted by Gasteiger charge is -2.23. The highest BCUT2D eigenvalue weighted by Gasteiger charge is 2.36. The van der Waals surface area contributed by atoms with Gasteiger partial charge in [-0.2, -0.15) is 0 Å². The molecule has 0 fully saturated rings. The average molecular weight is 332 g/mol. The first-order chi connectivity index (χ1) is 12.1. The molecule has 0 radical (unpaired) electrons. The molecule has 5 heteroatoms. The average Bonchev–Trinajstić information content (AvgIpc) is 2.85. The van der Waals surface area contributed by atoms with Crippen LogP contribution in [0.3, 0.4) is 0 Å². The minimum atomic E-state index is -0.270. The van der Waals surface area contributed by atoms with Crippen molar-refractivity contribution >= 4 is 23.1 Å². The zero-order chi connectivity index (χ0) is 17.6. The maximum absolute atomic E-state index is 12.5. The number of hydrogen-bond donors (Lipinski definition) is 2. The van der Waals surface area contributed by atoms with Crippen molar-refractivity contribution in [1.82, 2.24) is 10.1 Å². The van der Waals surface area contributed by atoms with Crippen molar-refractivity contribution in [2.75, 3.05) is 0 Å². The molecule has 0 amide bonds. The molecule has 1 aliphatic heterocycles. The summed E-state index contributed by atoms with van der Waals surface area (Å²) in [6.45, 7) is 1.69. The Morgan fingerprint density at radius 2 is 1.52 bits per heavy atom. The second-order valence-electron chi connectivity index (χ2n) is 5.91. The van der Waals surface area contributed by atoms with E-state index in [2.05, 4.69) is 0 Å². The van der Waals surface area contributed by atoms with E-state index in [0.717, 1.165) is 21.3 Å². The minimum Gasteiger partial charge on any atom is -0.289 e. The van der Waals surface area contributed by atoms with E-state index in [9.17, 15) is 15.2 Å². The fourth-order valence-electron chi connectivity index (χ4n) is 3.23. The Morgan fingerprint density at radius 1 is 0.840 bits per heavy atom. The van der Waals surface area contributed by atoms with E-state index in [-0.39, 0.29) is 17.2 Å². The maximum Gasteiger partial charge on any atom is 0.190 e. The number of benzene rings is 2. The molecule has 5 nitrogen and oxygen atoms in total. The third-order valence-corrected chi connectivity index (χ3v) is 4.44. The second kappa shape index (κ2) is 5.73. The fourth-order valence-corrected chi connectivity index (χ4v) is 3.23. The molecule has 2 N–H and O–H groups in total. The molecule has 2 aromatic rings. The van der Waals surface area contributed by atoms with Crippen LogP contribution in [0.5, 0.6) is 0 Å². The lowest BCUT2D eigenvalue weighted by molar-refractivity contribution is -0.111. The Labute approximate surface area is 145 Å². The molecule has 0 unspecified atom stereocenters. The molecule has 4 rings (SSSR count). The summed E-state index contributed by atoms with van der Waals surface area (Å²) in [6.07, 6.45) is 3.18. The van der Waals surface area contributed by atoms with Crippen LogP contribution in [0.25, 0.3) is 17.3 Å². The van der Waals surface area contributed by atoms with Crippen LogP contribution in [-0.4, -0.2) is 26.3 Å². The van der Waals surface area contributed by atoms with Crippen molar-refractivity contribution in [3.8, 4) is 0 Å². The Morgan fingerprint density at radius 3 is 2.28 bits per heavy atom. The highest BCUT2D eigenvalue weighted by atomic mass is 16.6. The van der Waals surface area contributed by atoms with E-state index >= 15 is 0 Å². The van der Waals surface area contributed by atoms with E-state index in [1.54, 1.807) is 19.1 Å². The van der Waals surface area contributed by atoms with Gasteiger partial charge in [-0.3, -0.25) is 15.2 Å². The number of allylic oxidation sites excluding steroid dienone is 3. The monoisotopic (exact) mass is 332 g/mol. The number of ketones is 1. The molecule has 0 bridgehead atoms. The summed E-state index contributed by atoms with van der Waals surface area (Å²) in [6, 6.07) is 16.6. The molecular weight excluding hydrogens is 316 g/mol. The molecule has 0 spiro atoms. The zero-order valence-corrected chi connectivity index (χ0v) is 13.5. The van der Waals surface area contributed by atoms with E-state index < -0.39 is 0 Å². The first-order valence-corrected chi connectivity index (χ1v) is 7.90. The summed E-state index contributed by atoms with van der Waals surface area (Å²) < 4.78 is 0. The fraction of sp³-hybridized carbons (Fsp3) is 0.0500. The van der Waals surface area contributed by atoms with Crippen LogP contribution in [0.2, 0.25) is 0 Å². The van der Waals surface area contributed by atoms with Crippen molar-refractivity contribution in [2.24, 2.45) is 0 Å². The summed E-state index contributed by atoms with van der Waals surface area (Å²) in [5.74, 6) is -0.230. The lowest BCUT2D eigenvalue weighted by Crippen LogP contribution is -2.24. The van der Waals surface area contributed by atoms with Crippen LogP contribution in [0.15, 0.2) is 72.2 Å². The van der Waals surface area contributed by atoms with Gasteiger partial charge in [0.05, 0.1) is 11.3 Å². The molecular formula is C20H16N2O3. The van der Waals surface area contributed by atoms with Gasteiger partial charge in [0.15, 0.2) is 11.6 Å². The largest absolute Gasteiger partial charge is 0.289 e. The number of hydroxylamine groups is 4. The smallest absolute Gasteiger partial charge is 0.190 e. The Balaban J connectivity index is 1.92. The standard InChI is InChI=1S/C20H16N2O3/c1-13-19(15-8-3-2-4-9-15)22(25)20(21(13)24)18-16-10-6-5-7-14(16)11-12-17(18)23/h2-12,24-25H,1H3/b20-18+. The van der Waals surface area contributed by atoms with Gasteiger partial charge >= 0.3 is 0 Å². The van der Waals surface area contributed by atoms with Gasteiger partial charge in [0.2, 0.25) is 0 Å². The Hall–Kier alpha value is -3.15. The van der Waals surface area contributed by atoms with Crippen LogP contribution in [0, 0.1) is 0 Å². The first kappa shape index (κ1) is 15.4. The Kier molecular flexibility index (Phi) is 3.53. The molecule has 1 heterocycles. The number of hydrogen-bond acceptors (Lipinski definition) is 5. The lowest BCUT2D eigenvalue weighted by atomic mass is 9.91. The Bertz CT molecular complexity index is 958. The third kappa shape index (κ3) is 2.29. The number of carbonyl (C=O) groups is 1. The quantitative estimate of drug-likeness (QED) is 0.779. The summed E-state index contributed by atoms with van der Waals surface area (Å²) in [5.41, 5.74) is 3.40. The number of fused-ring (bicyclic) bond motifs is 1. The summed E-state index contributed by atoms with van der Waals surface area (Å²) >= 11 is 0. The van der Waals surface area contributed by atoms with Gasteiger partial charge in [-0.25, -0.2) is 10.1 Å². The molecule has 1 aliphatic carbocycles. The summed E-state index contributed by atoms with van der Waals surface area (Å²) in [7, 11) is 0. The van der Waals surface area contributed by atoms with Crippen molar-refractivity contribution in [2.45, 2.75) is 6.92 Å². The van der Waals surface area contributed by atoms with Gasteiger partial charge in [-0.05, 0) is 24.1 Å². The number of rotatable bonds is 1. The maximum atomic E-state index is 12.5. The topological polar surface area (TPSA) is 64.0 Å². The highest BCUT2D eigenvalue weighted by molar-refractivity contribution is 6.30. The van der Waals surface area contributed by atoms with Crippen LogP contribution >= 0.6 is 0 Å². The van der Waals surface area contributed by atoms with Gasteiger partial charge in [0.25, 0.3) is 0 Å². The number of nitrogens with zero attached hydrogens (tertiary/aromatic N) is 2. The minimum absolute atomic E-state index is 0.0400. The normalized spacial score (nSPS) is 19.7. The molecule has 0 aromatic heterocycles. The molecule has 2 aliphatic rings. The van der Waals surface area contributed by atoms with Crippen molar-refractivity contribution in [1.29, 1.82) is 0 Å². The third-order valence-electron chi connectivity index (χ3n) is 4.44. The highest BCUT2D eigenvalue weighted by Crippen LogP contribution is 2.40. The molecule has 25 heavy (non-hydrogen) atoms. The van der Waals surface area contributed by atoms with Gasteiger partial charge < -0.3 is 0 Å². The van der Waals surface area contributed by atoms with Crippen molar-refractivity contribution < 1.29 is 15.2 Å². The van der Waals surface area contributed by atoms with Gasteiger partial charge in [0, 0.05) is 5.56 Å². The van der Waals surface area contributed by atoms with Crippen LogP contribution in [-0.2, 0) is 4.79 Å². The SMILES string of the molecule is CC1=C(c2ccccc2)N(O)/C(=C2/C(=O)C=Cc3ccccc32)N1O. The van der Waals surface area contributed by atoms with Crippen LogP contribution in [0.4, 0.5) is 0 Å². The first-order valence-electron chi connectivity index (χ1n) is 7.90. The van der Waals surface area contributed by atoms with E-state index in [4.69, 9.17) is 0 Å². The van der Waals surface area contributed by atoms with E-state index in [1.807, 2.05) is 48.5 Å². The summed E-state index contributed by atoms with van der Waals surface area (Å²) in [5, 5.41) is 23.1. The van der Waals surface area contributed by atoms with Gasteiger partial charge in [-0.15, -0.1) is 0 Å². The second-order valence-corrected chi connectivity index (χ2v) is 5.91. The van der Waals surface area contributed by atoms with Crippen LogP contribution in [0.1, 0.15) is 23.6 Å². The molecule has 124 valence electrons. The molecule has 0 atom stereocenters. The molecule has 0 saturated carbocycles. The molecule has 2 aromatic carbocycles. The number of carbonyl (C=O) groups excluding carboxylic acids is 1. The van der Waals surface area contributed by atoms with E-state index in [1.165, 1.54) is 6.08 Å². The van der Waals surface area contributed by atoms with Crippen LogP contribution < -0.4 is 0 Å². The van der Waals surface area contributed by atoms with Gasteiger partial charge in [-0.1, -0.05) is 60.7 Å². The summed E-state index contributed by atoms with van der Waals surface area (Å²) in [4.78, 5) is 12.5. The van der Waals surface area contributed by atoms with E-state index in [0.29, 0.717) is 17.0 Å². The van der Waals surface area contributed by atoms with Gasteiger partial charge in [0.1, 0.15) is 5.70 Å².